The topological polar surface area (TPSA) is 53.3 Å². The van der Waals surface area contributed by atoms with Crippen LogP contribution in [0.4, 0.5) is 0 Å². The van der Waals surface area contributed by atoms with Crippen LogP contribution >= 0.6 is 0 Å². The number of benzene rings is 3. The van der Waals surface area contributed by atoms with Gasteiger partial charge in [0.1, 0.15) is 11.5 Å². The van der Waals surface area contributed by atoms with Crippen molar-refractivity contribution in [2.45, 2.75) is 19.5 Å². The Balaban J connectivity index is 1.48. The third kappa shape index (κ3) is 3.94. The third-order valence-electron chi connectivity index (χ3n) is 6.52. The molecule has 0 bridgehead atoms. The molecule has 0 N–H and O–H groups in total. The molecule has 0 radical (unpaired) electrons. The molecule has 1 aliphatic heterocycles. The number of hydrogen-bond acceptors (Lipinski definition) is 6. The standard InChI is InChI=1S/C28H29NO5/c1-30-23-8-6-5-7-21(23)25-15-22-19(9-10-24(31-2)28(22)34-25)16-29-12-11-18-13-26(32-3)27(33-4)14-20(18)17-29/h5-10,13-15H,11-12,16-17H2,1-4H3. The van der Waals surface area contributed by atoms with E-state index in [0.717, 1.165) is 71.3 Å². The van der Waals surface area contributed by atoms with E-state index < -0.39 is 0 Å². The van der Waals surface area contributed by atoms with Crippen molar-refractivity contribution in [2.24, 2.45) is 0 Å². The van der Waals surface area contributed by atoms with E-state index in [1.54, 1.807) is 28.4 Å². The molecule has 0 amide bonds. The molecule has 3 aromatic carbocycles. The van der Waals surface area contributed by atoms with E-state index >= 15 is 0 Å². The fourth-order valence-corrected chi connectivity index (χ4v) is 4.75. The normalized spacial score (nSPS) is 13.5. The van der Waals surface area contributed by atoms with Crippen molar-refractivity contribution < 1.29 is 23.4 Å². The minimum Gasteiger partial charge on any atom is -0.496 e. The smallest absolute Gasteiger partial charge is 0.176 e. The number of furan rings is 1. The third-order valence-corrected chi connectivity index (χ3v) is 6.52. The van der Waals surface area contributed by atoms with Crippen LogP contribution in [-0.4, -0.2) is 39.9 Å². The average Bonchev–Trinajstić information content (AvgIpc) is 3.34. The average molecular weight is 460 g/mol. The van der Waals surface area contributed by atoms with Crippen molar-refractivity contribution in [3.05, 3.63) is 71.3 Å². The van der Waals surface area contributed by atoms with Gasteiger partial charge in [-0.1, -0.05) is 18.2 Å². The molecule has 176 valence electrons. The van der Waals surface area contributed by atoms with Gasteiger partial charge in [-0.3, -0.25) is 4.90 Å². The molecule has 1 aromatic heterocycles. The molecule has 5 rings (SSSR count). The summed E-state index contributed by atoms with van der Waals surface area (Å²) in [5.41, 5.74) is 5.46. The van der Waals surface area contributed by atoms with Gasteiger partial charge in [0.2, 0.25) is 0 Å². The number of fused-ring (bicyclic) bond motifs is 2. The fourth-order valence-electron chi connectivity index (χ4n) is 4.75. The molecule has 0 saturated heterocycles. The SMILES string of the molecule is COc1cc2c(cc1OC)CN(Cc1ccc(OC)c3oc(-c4ccccc4OC)cc13)CC2. The van der Waals surface area contributed by atoms with Crippen LogP contribution in [0, 0.1) is 0 Å². The van der Waals surface area contributed by atoms with Gasteiger partial charge in [-0.25, -0.2) is 0 Å². The molecule has 0 unspecified atom stereocenters. The number of nitrogens with zero attached hydrogens (tertiary/aromatic N) is 1. The maximum atomic E-state index is 6.31. The number of ether oxygens (including phenoxy) is 4. The van der Waals surface area contributed by atoms with Crippen LogP contribution in [-0.2, 0) is 19.5 Å². The molecule has 6 nitrogen and oxygen atoms in total. The lowest BCUT2D eigenvalue weighted by Gasteiger charge is -2.29. The summed E-state index contributed by atoms with van der Waals surface area (Å²) in [6.45, 7) is 2.62. The van der Waals surface area contributed by atoms with Gasteiger partial charge < -0.3 is 23.4 Å². The first kappa shape index (κ1) is 22.2. The van der Waals surface area contributed by atoms with Gasteiger partial charge >= 0.3 is 0 Å². The van der Waals surface area contributed by atoms with Gasteiger partial charge in [-0.15, -0.1) is 0 Å². The first-order valence-corrected chi connectivity index (χ1v) is 11.3. The molecule has 0 spiro atoms. The van der Waals surface area contributed by atoms with Crippen LogP contribution in [0.25, 0.3) is 22.3 Å². The summed E-state index contributed by atoms with van der Waals surface area (Å²) in [7, 11) is 6.70. The first-order valence-electron chi connectivity index (χ1n) is 11.3. The molecule has 0 aliphatic carbocycles. The molecule has 34 heavy (non-hydrogen) atoms. The Kier molecular flexibility index (Phi) is 6.07. The molecular formula is C28H29NO5. The summed E-state index contributed by atoms with van der Waals surface area (Å²) in [5.74, 6) is 3.82. The Morgan fingerprint density at radius 2 is 1.47 bits per heavy atom. The molecule has 0 atom stereocenters. The molecule has 6 heteroatoms. The Morgan fingerprint density at radius 1 is 0.765 bits per heavy atom. The second kappa shape index (κ2) is 9.31. The van der Waals surface area contributed by atoms with Gasteiger partial charge in [-0.2, -0.15) is 0 Å². The van der Waals surface area contributed by atoms with Crippen LogP contribution in [0.5, 0.6) is 23.0 Å². The summed E-state index contributed by atoms with van der Waals surface area (Å²) in [6, 6.07) is 18.3. The van der Waals surface area contributed by atoms with Gasteiger partial charge in [0, 0.05) is 25.0 Å². The Bertz CT molecular complexity index is 1330. The number of methoxy groups -OCH3 is 4. The van der Waals surface area contributed by atoms with Crippen LogP contribution < -0.4 is 18.9 Å². The Labute approximate surface area is 199 Å². The monoisotopic (exact) mass is 459 g/mol. The zero-order valence-corrected chi connectivity index (χ0v) is 20.0. The quantitative estimate of drug-likeness (QED) is 0.354. The van der Waals surface area contributed by atoms with Crippen molar-refractivity contribution in [1.29, 1.82) is 0 Å². The van der Waals surface area contributed by atoms with Crippen LogP contribution in [0.15, 0.2) is 59.0 Å². The lowest BCUT2D eigenvalue weighted by atomic mass is 9.98. The predicted octanol–water partition coefficient (Wildman–Crippen LogP) is 5.69. The molecule has 4 aromatic rings. The summed E-state index contributed by atoms with van der Waals surface area (Å²) < 4.78 is 28.5. The van der Waals surface area contributed by atoms with E-state index in [4.69, 9.17) is 23.4 Å². The zero-order chi connectivity index (χ0) is 23.7. The maximum absolute atomic E-state index is 6.31. The van der Waals surface area contributed by atoms with Crippen molar-refractivity contribution >= 4 is 11.0 Å². The van der Waals surface area contributed by atoms with E-state index in [9.17, 15) is 0 Å². The maximum Gasteiger partial charge on any atom is 0.176 e. The molecule has 0 saturated carbocycles. The Hall–Kier alpha value is -3.64. The van der Waals surface area contributed by atoms with E-state index in [2.05, 4.69) is 29.2 Å². The molecule has 0 fully saturated rings. The summed E-state index contributed by atoms with van der Waals surface area (Å²) >= 11 is 0. The van der Waals surface area contributed by atoms with Crippen molar-refractivity contribution in [3.8, 4) is 34.3 Å². The second-order valence-electron chi connectivity index (χ2n) is 8.42. The number of rotatable bonds is 7. The summed E-state index contributed by atoms with van der Waals surface area (Å²) in [5, 5.41) is 1.05. The molecule has 2 heterocycles. The van der Waals surface area contributed by atoms with Crippen LogP contribution in [0.1, 0.15) is 16.7 Å². The van der Waals surface area contributed by atoms with E-state index in [1.165, 1.54) is 16.7 Å². The van der Waals surface area contributed by atoms with Crippen molar-refractivity contribution in [1.82, 2.24) is 4.90 Å². The first-order chi connectivity index (χ1) is 16.6. The zero-order valence-electron chi connectivity index (χ0n) is 20.0. The van der Waals surface area contributed by atoms with Crippen molar-refractivity contribution in [2.75, 3.05) is 35.0 Å². The lowest BCUT2D eigenvalue weighted by Crippen LogP contribution is -2.30. The highest BCUT2D eigenvalue weighted by Crippen LogP contribution is 2.39. The molecule has 1 aliphatic rings. The lowest BCUT2D eigenvalue weighted by molar-refractivity contribution is 0.245. The number of hydrogen-bond donors (Lipinski definition) is 0. The van der Waals surface area contributed by atoms with Gasteiger partial charge in [0.15, 0.2) is 22.8 Å². The minimum atomic E-state index is 0.723. The van der Waals surface area contributed by atoms with Gasteiger partial charge in [0.05, 0.1) is 34.0 Å². The summed E-state index contributed by atoms with van der Waals surface area (Å²) in [4.78, 5) is 2.45. The van der Waals surface area contributed by atoms with E-state index in [1.807, 2.05) is 30.3 Å². The van der Waals surface area contributed by atoms with Gasteiger partial charge in [0.25, 0.3) is 0 Å². The predicted molar refractivity (Wildman–Crippen MR) is 132 cm³/mol. The Morgan fingerprint density at radius 3 is 2.21 bits per heavy atom. The van der Waals surface area contributed by atoms with E-state index in [-0.39, 0.29) is 0 Å². The van der Waals surface area contributed by atoms with Gasteiger partial charge in [-0.05, 0) is 59.5 Å². The second-order valence-corrected chi connectivity index (χ2v) is 8.42. The fraction of sp³-hybridized carbons (Fsp3) is 0.286. The van der Waals surface area contributed by atoms with Crippen molar-refractivity contribution in [3.63, 3.8) is 0 Å². The van der Waals surface area contributed by atoms with Crippen LogP contribution in [0.3, 0.4) is 0 Å². The summed E-state index contributed by atoms with van der Waals surface area (Å²) in [6.07, 6.45) is 0.965. The van der Waals surface area contributed by atoms with Crippen LogP contribution in [0.2, 0.25) is 0 Å². The minimum absolute atomic E-state index is 0.723. The highest BCUT2D eigenvalue weighted by molar-refractivity contribution is 5.91. The largest absolute Gasteiger partial charge is 0.496 e. The molecular weight excluding hydrogens is 430 g/mol. The highest BCUT2D eigenvalue weighted by atomic mass is 16.5. The number of para-hydroxylation sites is 1. The highest BCUT2D eigenvalue weighted by Gasteiger charge is 2.22. The van der Waals surface area contributed by atoms with E-state index in [0.29, 0.717) is 0 Å².